The van der Waals surface area contributed by atoms with Crippen molar-refractivity contribution in [1.29, 1.82) is 0 Å². The minimum atomic E-state index is -1.27. The summed E-state index contributed by atoms with van der Waals surface area (Å²) in [7, 11) is 1.66. The Hall–Kier alpha value is -3.90. The van der Waals surface area contributed by atoms with E-state index >= 15 is 0 Å². The van der Waals surface area contributed by atoms with Gasteiger partial charge in [0.1, 0.15) is 12.1 Å². The van der Waals surface area contributed by atoms with Crippen LogP contribution in [0.4, 0.5) is 0 Å². The van der Waals surface area contributed by atoms with Crippen molar-refractivity contribution >= 4 is 73.7 Å². The molecule has 3 fully saturated rings. The fourth-order valence-electron chi connectivity index (χ4n) is 6.87. The number of piperidine rings is 3. The van der Waals surface area contributed by atoms with Crippen molar-refractivity contribution in [2.75, 3.05) is 26.7 Å². The topological polar surface area (TPSA) is 127 Å². The Morgan fingerprint density at radius 3 is 2.36 bits per heavy atom. The Bertz CT molecular complexity index is 1880. The van der Waals surface area contributed by atoms with Crippen molar-refractivity contribution in [3.05, 3.63) is 104 Å². The van der Waals surface area contributed by atoms with Crippen LogP contribution < -0.4 is 16.0 Å². The molecule has 10 nitrogen and oxygen atoms in total. The van der Waals surface area contributed by atoms with E-state index in [1.807, 2.05) is 48.5 Å². The smallest absolute Gasteiger partial charge is 0.254 e. The van der Waals surface area contributed by atoms with Crippen LogP contribution in [0.25, 0.3) is 10.9 Å². The Morgan fingerprint density at radius 1 is 0.940 bits per heavy atom. The number of para-hydroxylation sites is 1. The number of H-pyrrole nitrogens is 1. The summed E-state index contributed by atoms with van der Waals surface area (Å²) in [6.07, 6.45) is 3.40. The molecule has 1 unspecified atom stereocenters. The number of halogens is 3. The van der Waals surface area contributed by atoms with Gasteiger partial charge in [-0.1, -0.05) is 75.5 Å². The fraction of sp³-hybridized carbons (Fsp3) is 0.351. The second-order valence-electron chi connectivity index (χ2n) is 13.1. The number of carbonyl (C=O) groups is 4. The van der Waals surface area contributed by atoms with E-state index in [2.05, 4.69) is 41.8 Å². The van der Waals surface area contributed by atoms with E-state index in [1.54, 1.807) is 31.4 Å². The van der Waals surface area contributed by atoms with Crippen molar-refractivity contribution in [3.8, 4) is 0 Å². The summed E-state index contributed by atoms with van der Waals surface area (Å²) in [5, 5.41) is 10.2. The maximum Gasteiger partial charge on any atom is 0.254 e. The third-order valence-electron chi connectivity index (χ3n) is 9.60. The third-order valence-corrected chi connectivity index (χ3v) is 10.9. The molecule has 0 saturated carbocycles. The van der Waals surface area contributed by atoms with Gasteiger partial charge in [-0.25, -0.2) is 0 Å². The SMILES string of the molecule is CN(Cc1ccc(Br)cc1)C(=O)[C@H](Cc1ccc(Cl)c(Cl)c1)NC(=O)[C@H](CC(=O)NC1CN2CCC1CC2)NC(=O)c1c[nH]c2ccccc12. The highest BCUT2D eigenvalue weighted by molar-refractivity contribution is 9.10. The quantitative estimate of drug-likeness (QED) is 0.155. The lowest BCUT2D eigenvalue weighted by Crippen LogP contribution is -2.59. The van der Waals surface area contributed by atoms with Crippen molar-refractivity contribution < 1.29 is 19.2 Å². The molecule has 50 heavy (non-hydrogen) atoms. The number of hydrogen-bond donors (Lipinski definition) is 4. The van der Waals surface area contributed by atoms with Crippen LogP contribution in [0, 0.1) is 5.92 Å². The molecule has 0 spiro atoms. The van der Waals surface area contributed by atoms with Crippen molar-refractivity contribution in [3.63, 3.8) is 0 Å². The molecule has 13 heteroatoms. The Labute approximate surface area is 309 Å². The van der Waals surface area contributed by atoms with Crippen LogP contribution in [0.2, 0.25) is 10.0 Å². The summed E-state index contributed by atoms with van der Waals surface area (Å²) in [5.41, 5.74) is 2.68. The largest absolute Gasteiger partial charge is 0.360 e. The zero-order valence-corrected chi connectivity index (χ0v) is 30.7. The predicted octanol–water partition coefficient (Wildman–Crippen LogP) is 5.32. The van der Waals surface area contributed by atoms with Crippen molar-refractivity contribution in [2.24, 2.45) is 5.92 Å². The summed E-state index contributed by atoms with van der Waals surface area (Å²) < 4.78 is 0.915. The third kappa shape index (κ3) is 8.69. The number of rotatable bonds is 12. The molecule has 3 aliphatic heterocycles. The second kappa shape index (κ2) is 16.0. The lowest BCUT2D eigenvalue weighted by molar-refractivity contribution is -0.136. The normalized spacial score (nSPS) is 19.4. The molecule has 3 aliphatic rings. The van der Waals surface area contributed by atoms with Crippen LogP contribution in [0.3, 0.4) is 0 Å². The Kier molecular flexibility index (Phi) is 11.5. The summed E-state index contributed by atoms with van der Waals surface area (Å²) in [6.45, 7) is 3.10. The van der Waals surface area contributed by atoms with Crippen LogP contribution in [-0.2, 0) is 27.3 Å². The highest BCUT2D eigenvalue weighted by Crippen LogP contribution is 2.28. The van der Waals surface area contributed by atoms with E-state index in [-0.39, 0.29) is 30.7 Å². The van der Waals surface area contributed by atoms with Gasteiger partial charge in [0.2, 0.25) is 17.7 Å². The van der Waals surface area contributed by atoms with Gasteiger partial charge in [0.25, 0.3) is 5.91 Å². The molecule has 262 valence electrons. The van der Waals surface area contributed by atoms with Crippen molar-refractivity contribution in [1.82, 2.24) is 30.7 Å². The molecule has 4 amide bonds. The molecule has 4 aromatic rings. The molecule has 3 saturated heterocycles. The molecular weight excluding hydrogens is 743 g/mol. The van der Waals surface area contributed by atoms with Gasteiger partial charge in [0.05, 0.1) is 22.0 Å². The first-order chi connectivity index (χ1) is 24.0. The molecule has 0 aliphatic carbocycles. The second-order valence-corrected chi connectivity index (χ2v) is 14.9. The zero-order valence-electron chi connectivity index (χ0n) is 27.6. The lowest BCUT2D eigenvalue weighted by atomic mass is 9.84. The molecular formula is C37H39BrCl2N6O4. The summed E-state index contributed by atoms with van der Waals surface area (Å²) >= 11 is 15.9. The number of amides is 4. The van der Waals surface area contributed by atoms with E-state index in [4.69, 9.17) is 23.2 Å². The van der Waals surface area contributed by atoms with Gasteiger partial charge in [-0.2, -0.15) is 0 Å². The number of fused-ring (bicyclic) bond motifs is 4. The highest BCUT2D eigenvalue weighted by atomic mass is 79.9. The molecule has 1 aromatic heterocycles. The standard InChI is InChI=1S/C37H39BrCl2N6O4/c1-45(20-22-6-9-25(38)10-7-22)37(50)32(17-23-8-11-28(39)29(40)16-23)44-36(49)31(18-34(47)42-33-21-46-14-12-24(33)13-15-46)43-35(48)27-19-41-30-5-3-2-4-26(27)30/h2-11,16,19,24,31-33,41H,12-15,17-18,20-21H2,1H3,(H,42,47)(H,43,48)(H,44,49)/t31-,32-,33?/m0/s1. The summed E-state index contributed by atoms with van der Waals surface area (Å²) in [4.78, 5) is 62.3. The minimum absolute atomic E-state index is 0.0192. The highest BCUT2D eigenvalue weighted by Gasteiger charge is 2.36. The van der Waals surface area contributed by atoms with Gasteiger partial charge in [-0.15, -0.1) is 0 Å². The van der Waals surface area contributed by atoms with Gasteiger partial charge in [-0.05, 0) is 73.3 Å². The number of aromatic amines is 1. The van der Waals surface area contributed by atoms with Crippen molar-refractivity contribution in [2.45, 2.75) is 50.4 Å². The number of likely N-dealkylation sites (N-methyl/N-ethyl adjacent to an activating group) is 1. The van der Waals surface area contributed by atoms with Crippen LogP contribution in [0.1, 0.15) is 40.7 Å². The maximum absolute atomic E-state index is 14.2. The van der Waals surface area contributed by atoms with Gasteiger partial charge in [0.15, 0.2) is 0 Å². The predicted molar refractivity (Wildman–Crippen MR) is 198 cm³/mol. The molecule has 4 heterocycles. The molecule has 3 aromatic carbocycles. The Balaban J connectivity index is 1.24. The van der Waals surface area contributed by atoms with Gasteiger partial charge in [0, 0.05) is 54.2 Å². The minimum Gasteiger partial charge on any atom is -0.360 e. The van der Waals surface area contributed by atoms with Crippen LogP contribution in [0.5, 0.6) is 0 Å². The zero-order chi connectivity index (χ0) is 35.4. The van der Waals surface area contributed by atoms with E-state index < -0.39 is 23.9 Å². The summed E-state index contributed by atoms with van der Waals surface area (Å²) in [6, 6.07) is 17.6. The van der Waals surface area contributed by atoms with E-state index in [0.717, 1.165) is 48.0 Å². The number of aromatic nitrogens is 1. The molecule has 4 N–H and O–H groups in total. The molecule has 7 rings (SSSR count). The number of hydrogen-bond acceptors (Lipinski definition) is 5. The number of benzene rings is 3. The maximum atomic E-state index is 14.2. The average molecular weight is 783 g/mol. The van der Waals surface area contributed by atoms with E-state index in [9.17, 15) is 19.2 Å². The molecule has 3 atom stereocenters. The lowest BCUT2D eigenvalue weighted by Gasteiger charge is -2.45. The van der Waals surface area contributed by atoms with Gasteiger partial charge >= 0.3 is 0 Å². The van der Waals surface area contributed by atoms with E-state index in [0.29, 0.717) is 39.0 Å². The first-order valence-electron chi connectivity index (χ1n) is 16.7. The first-order valence-corrected chi connectivity index (χ1v) is 18.2. The van der Waals surface area contributed by atoms with Crippen LogP contribution in [-0.4, -0.2) is 83.2 Å². The van der Waals surface area contributed by atoms with E-state index in [1.165, 1.54) is 4.90 Å². The van der Waals surface area contributed by atoms with Gasteiger partial charge in [-0.3, -0.25) is 19.2 Å². The van der Waals surface area contributed by atoms with Crippen LogP contribution in [0.15, 0.2) is 77.4 Å². The van der Waals surface area contributed by atoms with Gasteiger partial charge < -0.3 is 30.7 Å². The monoisotopic (exact) mass is 780 g/mol. The molecule has 2 bridgehead atoms. The number of nitrogens with one attached hydrogen (secondary N) is 4. The molecule has 0 radical (unpaired) electrons. The number of nitrogens with zero attached hydrogens (tertiary/aromatic N) is 2. The summed E-state index contributed by atoms with van der Waals surface area (Å²) in [5.74, 6) is -1.49. The van der Waals surface area contributed by atoms with Crippen LogP contribution >= 0.6 is 39.1 Å². The fourth-order valence-corrected chi connectivity index (χ4v) is 7.45. The number of carbonyl (C=O) groups excluding carboxylic acids is 4. The Morgan fingerprint density at radius 2 is 1.66 bits per heavy atom. The first kappa shape index (κ1) is 35.9. The average Bonchev–Trinajstić information content (AvgIpc) is 3.55.